The van der Waals surface area contributed by atoms with Crippen LogP contribution >= 0.6 is 35.7 Å². The molecule has 21 heavy (non-hydrogen) atoms. The number of aromatic nitrogens is 2. The van der Waals surface area contributed by atoms with Crippen molar-refractivity contribution in [1.82, 2.24) is 20.2 Å². The third kappa shape index (κ3) is 7.84. The molecule has 0 bridgehead atoms. The van der Waals surface area contributed by atoms with Crippen molar-refractivity contribution < 1.29 is 8.78 Å². The van der Waals surface area contributed by atoms with Gasteiger partial charge in [0.15, 0.2) is 5.96 Å². The second-order valence-electron chi connectivity index (χ2n) is 4.08. The van der Waals surface area contributed by atoms with Gasteiger partial charge in [0, 0.05) is 26.0 Å². The molecule has 2 N–H and O–H groups in total. The highest BCUT2D eigenvalue weighted by Gasteiger charge is 2.11. The van der Waals surface area contributed by atoms with E-state index in [0.717, 1.165) is 29.7 Å². The minimum Gasteiger partial charge on any atom is -0.356 e. The number of nitrogens with one attached hydrogen (secondary N) is 2. The van der Waals surface area contributed by atoms with Gasteiger partial charge in [0.25, 0.3) is 0 Å². The summed E-state index contributed by atoms with van der Waals surface area (Å²) in [7, 11) is 1.65. The number of nitrogens with zero attached hydrogens (tertiary/aromatic N) is 3. The van der Waals surface area contributed by atoms with Gasteiger partial charge in [0.2, 0.25) is 0 Å². The average molecular weight is 433 g/mol. The van der Waals surface area contributed by atoms with Gasteiger partial charge < -0.3 is 10.6 Å². The molecule has 0 saturated heterocycles. The number of unbranched alkanes of at least 4 members (excludes halogenated alkanes) is 1. The molecule has 1 heterocycles. The van der Waals surface area contributed by atoms with Crippen LogP contribution in [0.2, 0.25) is 0 Å². The first kappa shape index (κ1) is 20.4. The summed E-state index contributed by atoms with van der Waals surface area (Å²) in [5.41, 5.74) is 0. The highest BCUT2D eigenvalue weighted by Crippen LogP contribution is 2.11. The monoisotopic (exact) mass is 433 g/mol. The molecule has 1 aromatic heterocycles. The van der Waals surface area contributed by atoms with E-state index in [1.165, 1.54) is 12.4 Å². The summed E-state index contributed by atoms with van der Waals surface area (Å²) in [5, 5.41) is 6.12. The summed E-state index contributed by atoms with van der Waals surface area (Å²) in [6.07, 6.45) is 6.90. The Bertz CT molecular complexity index is 414. The Hall–Kier alpha value is -0.580. The number of aliphatic imine (C=N–C) groups is 1. The fourth-order valence-corrected chi connectivity index (χ4v) is 2.11. The van der Waals surface area contributed by atoms with Crippen LogP contribution in [0.5, 0.6) is 0 Å². The van der Waals surface area contributed by atoms with Crippen LogP contribution in [0.1, 0.15) is 25.2 Å². The number of alkyl halides is 2. The smallest absolute Gasteiger partial charge is 0.319 e. The predicted molar refractivity (Wildman–Crippen MR) is 94.7 cm³/mol. The van der Waals surface area contributed by atoms with Crippen molar-refractivity contribution in [2.24, 2.45) is 4.99 Å². The molecule has 1 aromatic rings. The lowest BCUT2D eigenvalue weighted by Gasteiger charge is -2.12. The molecule has 0 fully saturated rings. The Morgan fingerprint density at radius 2 is 2.19 bits per heavy atom. The fourth-order valence-electron chi connectivity index (χ4n) is 1.62. The topological polar surface area (TPSA) is 54.2 Å². The number of rotatable bonds is 8. The molecule has 0 unspecified atom stereocenters. The van der Waals surface area contributed by atoms with E-state index < -0.39 is 6.55 Å². The molecule has 0 aromatic carbocycles. The maximum absolute atomic E-state index is 12.6. The third-order valence-electron chi connectivity index (χ3n) is 2.66. The number of thioether (sulfide) groups is 1. The summed E-state index contributed by atoms with van der Waals surface area (Å²) in [4.78, 5) is 7.94. The predicted octanol–water partition coefficient (Wildman–Crippen LogP) is 2.70. The lowest BCUT2D eigenvalue weighted by molar-refractivity contribution is 0.0668. The van der Waals surface area contributed by atoms with Gasteiger partial charge in [-0.2, -0.15) is 20.5 Å². The van der Waals surface area contributed by atoms with Crippen molar-refractivity contribution in [3.8, 4) is 0 Å². The van der Waals surface area contributed by atoms with E-state index in [0.29, 0.717) is 5.96 Å². The van der Waals surface area contributed by atoms with Crippen molar-refractivity contribution >= 4 is 41.7 Å². The molecule has 0 saturated carbocycles. The number of halogens is 3. The summed E-state index contributed by atoms with van der Waals surface area (Å²) in [6, 6.07) is 0. The van der Waals surface area contributed by atoms with Crippen molar-refractivity contribution in [3.05, 3.63) is 18.2 Å². The van der Waals surface area contributed by atoms with Gasteiger partial charge in [0.05, 0.1) is 6.54 Å². The summed E-state index contributed by atoms with van der Waals surface area (Å²) in [6.45, 7) is -1.55. The minimum atomic E-state index is -2.57. The molecular formula is C12H22F2IN5S. The van der Waals surface area contributed by atoms with E-state index in [4.69, 9.17) is 0 Å². The second-order valence-corrected chi connectivity index (χ2v) is 5.07. The fraction of sp³-hybridized carbons (Fsp3) is 0.667. The molecule has 1 rings (SSSR count). The zero-order chi connectivity index (χ0) is 14.8. The van der Waals surface area contributed by atoms with E-state index in [1.807, 2.05) is 11.8 Å². The molecule has 5 nitrogen and oxygen atoms in total. The molecule has 0 spiro atoms. The first-order valence-electron chi connectivity index (χ1n) is 6.42. The van der Waals surface area contributed by atoms with Crippen LogP contribution in [-0.2, 0) is 6.54 Å². The van der Waals surface area contributed by atoms with Crippen LogP contribution < -0.4 is 10.6 Å². The Morgan fingerprint density at radius 3 is 2.81 bits per heavy atom. The van der Waals surface area contributed by atoms with Crippen molar-refractivity contribution in [3.63, 3.8) is 0 Å². The third-order valence-corrected chi connectivity index (χ3v) is 3.36. The molecule has 0 atom stereocenters. The van der Waals surface area contributed by atoms with Crippen LogP contribution in [0.3, 0.4) is 0 Å². The van der Waals surface area contributed by atoms with Gasteiger partial charge in [-0.05, 0) is 24.9 Å². The van der Waals surface area contributed by atoms with Crippen LogP contribution in [-0.4, -0.2) is 41.1 Å². The number of hydrogen-bond acceptors (Lipinski definition) is 3. The zero-order valence-electron chi connectivity index (χ0n) is 12.2. The highest BCUT2D eigenvalue weighted by molar-refractivity contribution is 14.0. The Balaban J connectivity index is 0.00000400. The van der Waals surface area contributed by atoms with Gasteiger partial charge in [0.1, 0.15) is 5.82 Å². The Kier molecular flexibility index (Phi) is 11.7. The van der Waals surface area contributed by atoms with E-state index in [2.05, 4.69) is 26.9 Å². The molecule has 0 aliphatic heterocycles. The number of hydrogen-bond donors (Lipinski definition) is 2. The molecule has 0 amide bonds. The molecule has 122 valence electrons. The van der Waals surface area contributed by atoms with E-state index in [1.54, 1.807) is 7.05 Å². The summed E-state index contributed by atoms with van der Waals surface area (Å²) < 4.78 is 26.1. The van der Waals surface area contributed by atoms with Crippen LogP contribution in [0.4, 0.5) is 8.78 Å². The molecule has 0 aliphatic rings. The van der Waals surface area contributed by atoms with Crippen molar-refractivity contribution in [2.45, 2.75) is 25.9 Å². The largest absolute Gasteiger partial charge is 0.356 e. The first-order chi connectivity index (χ1) is 9.69. The van der Waals surface area contributed by atoms with Crippen LogP contribution in [0.25, 0.3) is 0 Å². The van der Waals surface area contributed by atoms with Crippen molar-refractivity contribution in [1.29, 1.82) is 0 Å². The van der Waals surface area contributed by atoms with E-state index in [-0.39, 0.29) is 36.3 Å². The van der Waals surface area contributed by atoms with E-state index in [9.17, 15) is 8.78 Å². The second kappa shape index (κ2) is 12.0. The first-order valence-corrected chi connectivity index (χ1v) is 7.81. The molecule has 9 heteroatoms. The quantitative estimate of drug-likeness (QED) is 0.287. The minimum absolute atomic E-state index is 0. The van der Waals surface area contributed by atoms with Gasteiger partial charge in [-0.3, -0.25) is 9.56 Å². The maximum atomic E-state index is 12.6. The zero-order valence-corrected chi connectivity index (χ0v) is 15.3. The molecule has 0 radical (unpaired) electrons. The Labute approximate surface area is 145 Å². The van der Waals surface area contributed by atoms with Gasteiger partial charge in [-0.25, -0.2) is 4.98 Å². The average Bonchev–Trinajstić information content (AvgIpc) is 2.90. The van der Waals surface area contributed by atoms with Crippen LogP contribution in [0, 0.1) is 0 Å². The molecular weight excluding hydrogens is 411 g/mol. The number of imidazole rings is 1. The summed E-state index contributed by atoms with van der Waals surface area (Å²) >= 11 is 1.82. The van der Waals surface area contributed by atoms with E-state index >= 15 is 0 Å². The van der Waals surface area contributed by atoms with Gasteiger partial charge >= 0.3 is 6.55 Å². The summed E-state index contributed by atoms with van der Waals surface area (Å²) in [5.74, 6) is 2.02. The number of guanidine groups is 1. The SMILES string of the molecule is CN=C(NCCCCSC)NCc1nccn1C(F)F.I. The molecule has 0 aliphatic carbocycles. The maximum Gasteiger partial charge on any atom is 0.319 e. The van der Waals surface area contributed by atoms with Crippen LogP contribution in [0.15, 0.2) is 17.4 Å². The van der Waals surface area contributed by atoms with Gasteiger partial charge in [-0.1, -0.05) is 0 Å². The normalized spacial score (nSPS) is 11.4. The van der Waals surface area contributed by atoms with Crippen molar-refractivity contribution in [2.75, 3.05) is 25.6 Å². The highest BCUT2D eigenvalue weighted by atomic mass is 127. The lowest BCUT2D eigenvalue weighted by Crippen LogP contribution is -2.37. The Morgan fingerprint density at radius 1 is 1.43 bits per heavy atom. The standard InChI is InChI=1S/C12H21F2N5S.HI/c1-15-12(17-5-3-4-8-20-2)18-9-10-16-6-7-19(10)11(13)14;/h6-7,11H,3-5,8-9H2,1-2H3,(H2,15,17,18);1H. The van der Waals surface area contributed by atoms with Gasteiger partial charge in [-0.15, -0.1) is 24.0 Å². The lowest BCUT2D eigenvalue weighted by atomic mass is 10.3.